The van der Waals surface area contributed by atoms with Gasteiger partial charge >= 0.3 is 29.6 Å². The molecular weight excluding hydrogens is 498 g/mol. The first-order valence-corrected chi connectivity index (χ1v) is 12.1. The van der Waals surface area contributed by atoms with Gasteiger partial charge in [0.1, 0.15) is 12.4 Å². The van der Waals surface area contributed by atoms with E-state index in [4.69, 9.17) is 9.47 Å². The molecule has 8 heteroatoms. The van der Waals surface area contributed by atoms with Crippen LogP contribution in [0.1, 0.15) is 49.3 Å². The number of benzene rings is 3. The Morgan fingerprint density at radius 3 is 2.32 bits per heavy atom. The average Bonchev–Trinajstić information content (AvgIpc) is 2.86. The Balaban J connectivity index is 0.00000507. The molecule has 0 bridgehead atoms. The number of hydrogen-bond acceptors (Lipinski definition) is 6. The Kier molecular flexibility index (Phi) is 12.5. The minimum absolute atomic E-state index is 0. The number of aliphatic hydroxyl groups excluding tert-OH is 2. The number of carboxylic acids is 1. The maximum Gasteiger partial charge on any atom is 1.00 e. The standard InChI is InChI=1S/C30H33FO6.Na/c1-19(2)26-17-27(36-3)30(37-18-20-7-5-4-6-8-20)29(21-9-11-22(31)12-10-21)25(26)14-13-23(32)15-24(33)16-28(34)35;/h4-14,17,19,23-24,32-33H,15-16,18H2,1-3H3,(H,34,35);/q;+1/p-1/b14-13+;. The molecular formula is C30H32FNaO6. The summed E-state index contributed by atoms with van der Waals surface area (Å²) in [6.45, 7) is 4.31. The third kappa shape index (κ3) is 8.68. The molecule has 3 rings (SSSR count). The fraction of sp³-hybridized carbons (Fsp3) is 0.300. The van der Waals surface area contributed by atoms with Crippen LogP contribution in [0.5, 0.6) is 11.5 Å². The number of rotatable bonds is 12. The molecule has 0 aliphatic carbocycles. The van der Waals surface area contributed by atoms with Crippen LogP contribution in [0.25, 0.3) is 17.2 Å². The van der Waals surface area contributed by atoms with Crippen molar-refractivity contribution in [1.29, 1.82) is 0 Å². The number of carbonyl (C=O) groups is 1. The Hall–Kier alpha value is -2.68. The van der Waals surface area contributed by atoms with Gasteiger partial charge in [0.15, 0.2) is 11.5 Å². The summed E-state index contributed by atoms with van der Waals surface area (Å²) < 4.78 is 25.8. The van der Waals surface area contributed by atoms with Gasteiger partial charge < -0.3 is 29.6 Å². The van der Waals surface area contributed by atoms with E-state index in [1.54, 1.807) is 25.3 Å². The van der Waals surface area contributed by atoms with Gasteiger partial charge in [-0.25, -0.2) is 4.39 Å². The van der Waals surface area contributed by atoms with Gasteiger partial charge in [0, 0.05) is 24.4 Å². The van der Waals surface area contributed by atoms with E-state index >= 15 is 0 Å². The molecule has 2 unspecified atom stereocenters. The first kappa shape index (κ1) is 31.5. The zero-order chi connectivity index (χ0) is 26.9. The van der Waals surface area contributed by atoms with Crippen molar-refractivity contribution < 1.29 is 63.5 Å². The molecule has 0 aliphatic heterocycles. The summed E-state index contributed by atoms with van der Waals surface area (Å²) in [5.74, 6) is -0.733. The number of ether oxygens (including phenoxy) is 2. The van der Waals surface area contributed by atoms with E-state index in [2.05, 4.69) is 0 Å². The summed E-state index contributed by atoms with van der Waals surface area (Å²) in [5.41, 5.74) is 3.95. The zero-order valence-electron chi connectivity index (χ0n) is 22.2. The van der Waals surface area contributed by atoms with Gasteiger partial charge in [-0.2, -0.15) is 0 Å². The smallest absolute Gasteiger partial charge is 0.550 e. The Bertz CT molecular complexity index is 1210. The molecule has 0 aliphatic rings. The second kappa shape index (κ2) is 15.0. The summed E-state index contributed by atoms with van der Waals surface area (Å²) >= 11 is 0. The van der Waals surface area contributed by atoms with Gasteiger partial charge in [0.2, 0.25) is 0 Å². The third-order valence-electron chi connectivity index (χ3n) is 5.92. The molecule has 0 amide bonds. The number of halogens is 1. The van der Waals surface area contributed by atoms with Crippen molar-refractivity contribution >= 4 is 12.0 Å². The van der Waals surface area contributed by atoms with Crippen LogP contribution in [0.15, 0.2) is 66.7 Å². The van der Waals surface area contributed by atoms with Crippen molar-refractivity contribution in [1.82, 2.24) is 0 Å². The normalized spacial score (nSPS) is 12.7. The zero-order valence-corrected chi connectivity index (χ0v) is 24.2. The first-order valence-electron chi connectivity index (χ1n) is 12.1. The fourth-order valence-electron chi connectivity index (χ4n) is 4.10. The maximum absolute atomic E-state index is 13.8. The van der Waals surface area contributed by atoms with Gasteiger partial charge in [0.25, 0.3) is 0 Å². The van der Waals surface area contributed by atoms with E-state index in [-0.39, 0.29) is 54.3 Å². The van der Waals surface area contributed by atoms with E-state index in [0.29, 0.717) is 22.6 Å². The molecule has 196 valence electrons. The number of carboxylic acid groups (broad SMARTS) is 1. The monoisotopic (exact) mass is 530 g/mol. The van der Waals surface area contributed by atoms with Gasteiger partial charge in [0.05, 0.1) is 19.3 Å². The number of methoxy groups -OCH3 is 1. The molecule has 3 aromatic rings. The molecule has 2 N–H and O–H groups in total. The summed E-state index contributed by atoms with van der Waals surface area (Å²) in [7, 11) is 1.56. The van der Waals surface area contributed by atoms with Gasteiger partial charge in [-0.15, -0.1) is 0 Å². The van der Waals surface area contributed by atoms with Crippen LogP contribution in [0.4, 0.5) is 4.39 Å². The quantitative estimate of drug-likeness (QED) is 0.344. The van der Waals surface area contributed by atoms with Gasteiger partial charge in [-0.3, -0.25) is 0 Å². The van der Waals surface area contributed by atoms with E-state index in [1.807, 2.05) is 50.2 Å². The molecule has 0 fully saturated rings. The average molecular weight is 531 g/mol. The molecule has 0 spiro atoms. The predicted molar refractivity (Wildman–Crippen MR) is 139 cm³/mol. The molecule has 38 heavy (non-hydrogen) atoms. The molecule has 3 aromatic carbocycles. The van der Waals surface area contributed by atoms with Crippen LogP contribution >= 0.6 is 0 Å². The van der Waals surface area contributed by atoms with Crippen molar-refractivity contribution in [3.8, 4) is 22.6 Å². The number of aliphatic hydroxyl groups is 2. The van der Waals surface area contributed by atoms with Crippen molar-refractivity contribution in [2.24, 2.45) is 0 Å². The van der Waals surface area contributed by atoms with Crippen LogP contribution in [-0.2, 0) is 11.4 Å². The SMILES string of the molecule is COc1cc(C(C)C)c(/C=C/C(O)CC(O)CC(=O)[O-])c(-c2ccc(F)cc2)c1OCc1ccccc1.[Na+]. The van der Waals surface area contributed by atoms with E-state index in [1.165, 1.54) is 18.2 Å². The van der Waals surface area contributed by atoms with Crippen molar-refractivity contribution in [3.05, 3.63) is 89.2 Å². The van der Waals surface area contributed by atoms with Crippen molar-refractivity contribution in [2.45, 2.75) is 51.4 Å². The number of carbonyl (C=O) groups excluding carboxylic acids is 1. The minimum Gasteiger partial charge on any atom is -0.550 e. The van der Waals surface area contributed by atoms with E-state index < -0.39 is 24.6 Å². The second-order valence-electron chi connectivity index (χ2n) is 9.11. The Labute approximate surface area is 245 Å². The van der Waals surface area contributed by atoms with Gasteiger partial charge in [-0.1, -0.05) is 68.5 Å². The molecule has 0 aromatic heterocycles. The maximum atomic E-state index is 13.8. The summed E-state index contributed by atoms with van der Waals surface area (Å²) in [6.07, 6.45) is 0.140. The van der Waals surface area contributed by atoms with E-state index in [9.17, 15) is 24.5 Å². The summed E-state index contributed by atoms with van der Waals surface area (Å²) in [4.78, 5) is 10.8. The van der Waals surface area contributed by atoms with Crippen LogP contribution < -0.4 is 44.1 Å². The second-order valence-corrected chi connectivity index (χ2v) is 9.11. The summed E-state index contributed by atoms with van der Waals surface area (Å²) in [5, 5.41) is 31.1. The Morgan fingerprint density at radius 1 is 1.08 bits per heavy atom. The largest absolute Gasteiger partial charge is 1.00 e. The molecule has 0 saturated carbocycles. The first-order chi connectivity index (χ1) is 17.7. The summed E-state index contributed by atoms with van der Waals surface area (Å²) in [6, 6.07) is 17.6. The molecule has 0 saturated heterocycles. The number of aliphatic carboxylic acids is 1. The van der Waals surface area contributed by atoms with Gasteiger partial charge in [-0.05, 0) is 46.4 Å². The molecule has 2 atom stereocenters. The predicted octanol–water partition coefficient (Wildman–Crippen LogP) is 1.47. The number of hydrogen-bond donors (Lipinski definition) is 2. The van der Waals surface area contributed by atoms with Crippen LogP contribution in [-0.4, -0.2) is 35.5 Å². The van der Waals surface area contributed by atoms with Crippen LogP contribution in [0, 0.1) is 5.82 Å². The molecule has 0 radical (unpaired) electrons. The Morgan fingerprint density at radius 2 is 1.74 bits per heavy atom. The molecule has 6 nitrogen and oxygen atoms in total. The van der Waals surface area contributed by atoms with Crippen LogP contribution in [0.2, 0.25) is 0 Å². The third-order valence-corrected chi connectivity index (χ3v) is 5.92. The van der Waals surface area contributed by atoms with Crippen LogP contribution in [0.3, 0.4) is 0 Å². The minimum atomic E-state index is -1.39. The van der Waals surface area contributed by atoms with E-state index in [0.717, 1.165) is 16.7 Å². The fourth-order valence-corrected chi connectivity index (χ4v) is 4.10. The van der Waals surface area contributed by atoms with Crippen molar-refractivity contribution in [2.75, 3.05) is 7.11 Å². The topological polar surface area (TPSA) is 99.0 Å². The molecule has 0 heterocycles. The van der Waals surface area contributed by atoms with Crippen molar-refractivity contribution in [3.63, 3.8) is 0 Å².